The number of hydrogen-bond donors (Lipinski definition) is 0. The van der Waals surface area contributed by atoms with E-state index in [1.54, 1.807) is 18.9 Å². The monoisotopic (exact) mass is 385 g/mol. The Morgan fingerprint density at radius 3 is 2.48 bits per heavy atom. The van der Waals surface area contributed by atoms with Crippen LogP contribution in [-0.4, -0.2) is 33.4 Å². The van der Waals surface area contributed by atoms with Crippen LogP contribution in [0.5, 0.6) is 5.75 Å². The number of rotatable bonds is 8. The predicted molar refractivity (Wildman–Crippen MR) is 104 cm³/mol. The lowest BCUT2D eigenvalue weighted by Crippen LogP contribution is -2.00. The second-order valence-electron chi connectivity index (χ2n) is 5.98. The van der Waals surface area contributed by atoms with E-state index < -0.39 is 0 Å². The van der Waals surface area contributed by atoms with Crippen LogP contribution in [-0.2, 0) is 7.05 Å². The zero-order chi connectivity index (χ0) is 19.2. The molecule has 2 aromatic carbocycles. The van der Waals surface area contributed by atoms with Crippen LogP contribution < -0.4 is 4.74 Å². The zero-order valence-corrected chi connectivity index (χ0v) is 16.0. The van der Waals surface area contributed by atoms with Gasteiger partial charge in [-0.1, -0.05) is 11.8 Å². The third kappa shape index (κ3) is 4.74. The zero-order valence-electron chi connectivity index (χ0n) is 15.2. The lowest BCUT2D eigenvalue weighted by Gasteiger charge is -2.05. The fourth-order valence-electron chi connectivity index (χ4n) is 2.61. The van der Waals surface area contributed by atoms with Gasteiger partial charge in [0.1, 0.15) is 11.6 Å². The van der Waals surface area contributed by atoms with Crippen molar-refractivity contribution in [2.45, 2.75) is 18.0 Å². The number of Topliss-reactive ketones (excluding diaryl/α,β-unsaturated/α-hetero) is 1. The van der Waals surface area contributed by atoms with Gasteiger partial charge in [0.2, 0.25) is 0 Å². The molecule has 0 amide bonds. The highest BCUT2D eigenvalue weighted by atomic mass is 32.2. The lowest BCUT2D eigenvalue weighted by molar-refractivity contribution is 0.0982. The van der Waals surface area contributed by atoms with Crippen LogP contribution in [0.4, 0.5) is 4.39 Å². The first-order valence-electron chi connectivity index (χ1n) is 8.54. The van der Waals surface area contributed by atoms with Crippen molar-refractivity contribution in [3.05, 3.63) is 59.9 Å². The van der Waals surface area contributed by atoms with E-state index in [2.05, 4.69) is 10.2 Å². The van der Waals surface area contributed by atoms with Gasteiger partial charge >= 0.3 is 0 Å². The average molecular weight is 385 g/mol. The number of thioether (sulfide) groups is 1. The van der Waals surface area contributed by atoms with Gasteiger partial charge < -0.3 is 9.30 Å². The Kier molecular flexibility index (Phi) is 6.24. The van der Waals surface area contributed by atoms with Crippen LogP contribution in [0.15, 0.2) is 53.7 Å². The lowest BCUT2D eigenvalue weighted by atomic mass is 10.1. The Morgan fingerprint density at radius 1 is 1.11 bits per heavy atom. The molecule has 0 N–H and O–H groups in total. The molecule has 0 aliphatic carbocycles. The van der Waals surface area contributed by atoms with Gasteiger partial charge in [-0.2, -0.15) is 0 Å². The van der Waals surface area contributed by atoms with E-state index in [1.807, 2.05) is 35.9 Å². The number of nitrogens with zero attached hydrogens (tertiary/aromatic N) is 3. The molecule has 0 spiro atoms. The minimum Gasteiger partial charge on any atom is -0.497 e. The Bertz CT molecular complexity index is 908. The molecule has 7 heteroatoms. The standard InChI is InChI=1S/C20H20FN3O2S/c1-24-19(15-7-11-17(26-2)12-8-15)22-23-20(24)27-13-3-4-18(25)14-5-9-16(21)10-6-14/h5-12H,3-4,13H2,1-2H3. The number of halogens is 1. The second kappa shape index (κ2) is 8.81. The third-order valence-corrected chi connectivity index (χ3v) is 5.24. The number of carbonyl (C=O) groups is 1. The van der Waals surface area contributed by atoms with Crippen LogP contribution in [0, 0.1) is 5.82 Å². The molecule has 0 atom stereocenters. The maximum atomic E-state index is 12.9. The normalized spacial score (nSPS) is 10.8. The SMILES string of the molecule is COc1ccc(-c2nnc(SCCCC(=O)c3ccc(F)cc3)n2C)cc1. The van der Waals surface area contributed by atoms with E-state index in [0.717, 1.165) is 28.0 Å². The highest BCUT2D eigenvalue weighted by molar-refractivity contribution is 7.99. The summed E-state index contributed by atoms with van der Waals surface area (Å²) in [5.41, 5.74) is 1.51. The van der Waals surface area contributed by atoms with Crippen LogP contribution in [0.2, 0.25) is 0 Å². The summed E-state index contributed by atoms with van der Waals surface area (Å²) >= 11 is 1.56. The third-order valence-electron chi connectivity index (χ3n) is 4.13. The maximum Gasteiger partial charge on any atom is 0.191 e. The van der Waals surface area contributed by atoms with Gasteiger partial charge in [0.15, 0.2) is 16.8 Å². The summed E-state index contributed by atoms with van der Waals surface area (Å²) in [6, 6.07) is 13.3. The molecular formula is C20H20FN3O2S. The van der Waals surface area contributed by atoms with Crippen molar-refractivity contribution >= 4 is 17.5 Å². The molecule has 0 radical (unpaired) electrons. The molecule has 27 heavy (non-hydrogen) atoms. The number of methoxy groups -OCH3 is 1. The van der Waals surface area contributed by atoms with Gasteiger partial charge in [0.05, 0.1) is 7.11 Å². The van der Waals surface area contributed by atoms with Crippen LogP contribution in [0.3, 0.4) is 0 Å². The number of aromatic nitrogens is 3. The summed E-state index contributed by atoms with van der Waals surface area (Å²) in [6.07, 6.45) is 1.13. The molecule has 1 aromatic heterocycles. The van der Waals surface area contributed by atoms with Gasteiger partial charge in [-0.3, -0.25) is 4.79 Å². The van der Waals surface area contributed by atoms with Crippen LogP contribution >= 0.6 is 11.8 Å². The molecule has 0 aliphatic rings. The number of benzene rings is 2. The van der Waals surface area contributed by atoms with Crippen molar-refractivity contribution in [3.63, 3.8) is 0 Å². The van der Waals surface area contributed by atoms with Crippen molar-refractivity contribution < 1.29 is 13.9 Å². The van der Waals surface area contributed by atoms with Gasteiger partial charge in [-0.25, -0.2) is 4.39 Å². The minimum atomic E-state index is -0.336. The van der Waals surface area contributed by atoms with Crippen LogP contribution in [0.1, 0.15) is 23.2 Å². The summed E-state index contributed by atoms with van der Waals surface area (Å²) in [7, 11) is 3.55. The molecule has 0 aliphatic heterocycles. The van der Waals surface area contributed by atoms with Crippen molar-refractivity contribution in [3.8, 4) is 17.1 Å². The first-order chi connectivity index (χ1) is 13.1. The number of carbonyl (C=O) groups excluding carboxylic acids is 1. The van der Waals surface area contributed by atoms with Gasteiger partial charge in [-0.15, -0.1) is 10.2 Å². The number of hydrogen-bond acceptors (Lipinski definition) is 5. The molecule has 3 aromatic rings. The Labute approximate surface area is 161 Å². The van der Waals surface area contributed by atoms with E-state index in [4.69, 9.17) is 4.74 Å². The first-order valence-corrected chi connectivity index (χ1v) is 9.52. The van der Waals surface area contributed by atoms with Crippen molar-refractivity contribution in [1.82, 2.24) is 14.8 Å². The molecule has 0 saturated carbocycles. The van der Waals surface area contributed by atoms with E-state index in [9.17, 15) is 9.18 Å². The fraction of sp³-hybridized carbons (Fsp3) is 0.250. The summed E-state index contributed by atoms with van der Waals surface area (Å²) in [5, 5.41) is 9.30. The molecule has 0 bridgehead atoms. The molecule has 0 fully saturated rings. The molecule has 1 heterocycles. The first kappa shape index (κ1) is 19.1. The molecule has 3 rings (SSSR count). The van der Waals surface area contributed by atoms with Crippen LogP contribution in [0.25, 0.3) is 11.4 Å². The number of ether oxygens (including phenoxy) is 1. The molecule has 0 saturated heterocycles. The quantitative estimate of drug-likeness (QED) is 0.327. The predicted octanol–water partition coefficient (Wildman–Crippen LogP) is 4.39. The molecule has 0 unspecified atom stereocenters. The highest BCUT2D eigenvalue weighted by Gasteiger charge is 2.12. The summed E-state index contributed by atoms with van der Waals surface area (Å²) in [6.45, 7) is 0. The summed E-state index contributed by atoms with van der Waals surface area (Å²) < 4.78 is 20.0. The highest BCUT2D eigenvalue weighted by Crippen LogP contribution is 2.25. The fourth-order valence-corrected chi connectivity index (χ4v) is 3.46. The Hall–Kier alpha value is -2.67. The topological polar surface area (TPSA) is 57.0 Å². The summed E-state index contributed by atoms with van der Waals surface area (Å²) in [4.78, 5) is 12.1. The van der Waals surface area contributed by atoms with Crippen molar-refractivity contribution in [1.29, 1.82) is 0 Å². The van der Waals surface area contributed by atoms with E-state index in [-0.39, 0.29) is 11.6 Å². The molecule has 5 nitrogen and oxygen atoms in total. The van der Waals surface area contributed by atoms with E-state index >= 15 is 0 Å². The van der Waals surface area contributed by atoms with Gasteiger partial charge in [-0.05, 0) is 55.0 Å². The van der Waals surface area contributed by atoms with Crippen molar-refractivity contribution in [2.24, 2.45) is 7.05 Å². The molecular weight excluding hydrogens is 365 g/mol. The Balaban J connectivity index is 1.53. The van der Waals surface area contributed by atoms with Gasteiger partial charge in [0.25, 0.3) is 0 Å². The van der Waals surface area contributed by atoms with E-state index in [0.29, 0.717) is 18.4 Å². The smallest absolute Gasteiger partial charge is 0.191 e. The van der Waals surface area contributed by atoms with Crippen molar-refractivity contribution in [2.75, 3.05) is 12.9 Å². The largest absolute Gasteiger partial charge is 0.497 e. The molecule has 140 valence electrons. The Morgan fingerprint density at radius 2 is 1.81 bits per heavy atom. The second-order valence-corrected chi connectivity index (χ2v) is 7.04. The summed E-state index contributed by atoms with van der Waals surface area (Å²) in [5.74, 6) is 2.01. The minimum absolute atomic E-state index is 0.0208. The van der Waals surface area contributed by atoms with Gasteiger partial charge in [0, 0.05) is 30.3 Å². The van der Waals surface area contributed by atoms with E-state index in [1.165, 1.54) is 24.3 Å². The maximum absolute atomic E-state index is 12.9. The number of ketones is 1. The average Bonchev–Trinajstić information content (AvgIpc) is 3.06.